The molecule has 0 unspecified atom stereocenters. The normalized spacial score (nSPS) is 11.2. The van der Waals surface area contributed by atoms with Crippen molar-refractivity contribution in [3.63, 3.8) is 0 Å². The van der Waals surface area contributed by atoms with Crippen LogP contribution in [0, 0.1) is 6.92 Å². The van der Waals surface area contributed by atoms with Gasteiger partial charge in [-0.3, -0.25) is 19.0 Å². The third-order valence-corrected chi connectivity index (χ3v) is 5.49. The molecule has 0 saturated heterocycles. The third kappa shape index (κ3) is 4.16. The summed E-state index contributed by atoms with van der Waals surface area (Å²) in [4.78, 5) is 30.2. The molecular weight excluding hydrogens is 450 g/mol. The standard InChI is InChI=1S/C23H23N9O3/c1-4-31-12-17(14(2)28-31)19-7-8-24-21-16(11-26-32(19)21)22(33)27-18-13-30(3)29-20(18)23(34)25-10-15-6-5-9-35-15/h5-9,11-13H,4,10H2,1-3H3,(H,25,34)(H,27,33). The quantitative estimate of drug-likeness (QED) is 0.370. The van der Waals surface area contributed by atoms with E-state index in [0.717, 1.165) is 23.5 Å². The number of aromatic nitrogens is 7. The van der Waals surface area contributed by atoms with Crippen LogP contribution in [-0.2, 0) is 20.1 Å². The molecule has 5 heterocycles. The lowest BCUT2D eigenvalue weighted by Gasteiger charge is -2.06. The van der Waals surface area contributed by atoms with E-state index in [0.29, 0.717) is 11.4 Å². The first-order valence-corrected chi connectivity index (χ1v) is 11.0. The van der Waals surface area contributed by atoms with Crippen LogP contribution in [0.3, 0.4) is 0 Å². The summed E-state index contributed by atoms with van der Waals surface area (Å²) < 4.78 is 10.1. The monoisotopic (exact) mass is 473 g/mol. The predicted molar refractivity (Wildman–Crippen MR) is 126 cm³/mol. The van der Waals surface area contributed by atoms with Crippen LogP contribution in [0.15, 0.2) is 53.7 Å². The molecular formula is C23H23N9O3. The van der Waals surface area contributed by atoms with Gasteiger partial charge < -0.3 is 15.1 Å². The molecule has 5 aromatic rings. The van der Waals surface area contributed by atoms with Crippen LogP contribution in [-0.4, -0.2) is 46.0 Å². The van der Waals surface area contributed by atoms with E-state index in [9.17, 15) is 9.59 Å². The van der Waals surface area contributed by atoms with Gasteiger partial charge in [-0.05, 0) is 32.0 Å². The Kier molecular flexibility index (Phi) is 5.61. The highest BCUT2D eigenvalue weighted by atomic mass is 16.3. The van der Waals surface area contributed by atoms with Gasteiger partial charge in [0.2, 0.25) is 0 Å². The van der Waals surface area contributed by atoms with Gasteiger partial charge >= 0.3 is 0 Å². The molecule has 0 aliphatic heterocycles. The van der Waals surface area contributed by atoms with E-state index in [1.807, 2.05) is 30.8 Å². The minimum atomic E-state index is -0.460. The molecule has 2 amide bonds. The van der Waals surface area contributed by atoms with Crippen molar-refractivity contribution >= 4 is 23.1 Å². The van der Waals surface area contributed by atoms with Gasteiger partial charge in [-0.15, -0.1) is 0 Å². The average Bonchev–Trinajstić information content (AvgIpc) is 3.63. The Bertz CT molecular complexity index is 1530. The fraction of sp³-hybridized carbons (Fsp3) is 0.217. The topological polar surface area (TPSA) is 137 Å². The van der Waals surface area contributed by atoms with E-state index >= 15 is 0 Å². The Balaban J connectivity index is 1.41. The molecule has 12 nitrogen and oxygen atoms in total. The number of amides is 2. The van der Waals surface area contributed by atoms with Crippen LogP contribution >= 0.6 is 0 Å². The number of hydrogen-bond donors (Lipinski definition) is 2. The molecule has 0 atom stereocenters. The van der Waals surface area contributed by atoms with E-state index < -0.39 is 11.8 Å². The maximum Gasteiger partial charge on any atom is 0.274 e. The van der Waals surface area contributed by atoms with Crippen molar-refractivity contribution in [1.82, 2.24) is 39.5 Å². The second kappa shape index (κ2) is 8.89. The molecule has 0 spiro atoms. The maximum atomic E-state index is 13.2. The first kappa shape index (κ1) is 22.1. The number of anilines is 1. The molecule has 0 aliphatic carbocycles. The minimum absolute atomic E-state index is 0.0835. The molecule has 178 valence electrons. The smallest absolute Gasteiger partial charge is 0.274 e. The van der Waals surface area contributed by atoms with Crippen LogP contribution < -0.4 is 10.6 Å². The summed E-state index contributed by atoms with van der Waals surface area (Å²) in [6.07, 6.45) is 8.11. The molecule has 0 aliphatic rings. The summed E-state index contributed by atoms with van der Waals surface area (Å²) in [6.45, 7) is 4.87. The number of carbonyl (C=O) groups is 2. The largest absolute Gasteiger partial charge is 0.467 e. The van der Waals surface area contributed by atoms with Crippen molar-refractivity contribution in [1.29, 1.82) is 0 Å². The lowest BCUT2D eigenvalue weighted by Crippen LogP contribution is -2.25. The summed E-state index contributed by atoms with van der Waals surface area (Å²) in [5.74, 6) is -0.299. The molecule has 12 heteroatoms. The third-order valence-electron chi connectivity index (χ3n) is 5.49. The van der Waals surface area contributed by atoms with Crippen molar-refractivity contribution in [3.8, 4) is 11.3 Å². The molecule has 0 bridgehead atoms. The molecule has 0 saturated carbocycles. The van der Waals surface area contributed by atoms with Gasteiger partial charge in [0.25, 0.3) is 11.8 Å². The molecule has 0 radical (unpaired) electrons. The van der Waals surface area contributed by atoms with Crippen LogP contribution in [0.2, 0.25) is 0 Å². The van der Waals surface area contributed by atoms with Gasteiger partial charge in [0.05, 0.1) is 36.1 Å². The van der Waals surface area contributed by atoms with E-state index in [2.05, 4.69) is 30.9 Å². The predicted octanol–water partition coefficient (Wildman–Crippen LogP) is 2.43. The molecule has 0 aromatic carbocycles. The lowest BCUT2D eigenvalue weighted by molar-refractivity contribution is 0.0943. The van der Waals surface area contributed by atoms with E-state index in [-0.39, 0.29) is 23.5 Å². The van der Waals surface area contributed by atoms with Gasteiger partial charge in [0.15, 0.2) is 11.3 Å². The minimum Gasteiger partial charge on any atom is -0.467 e. The summed E-state index contributed by atoms with van der Waals surface area (Å²) in [6, 6.07) is 5.32. The summed E-state index contributed by atoms with van der Waals surface area (Å²) in [5.41, 5.74) is 3.52. The van der Waals surface area contributed by atoms with Crippen LogP contribution in [0.4, 0.5) is 5.69 Å². The molecule has 5 rings (SSSR count). The Hall–Kier alpha value is -4.74. The Morgan fingerprint density at radius 3 is 2.74 bits per heavy atom. The molecule has 5 aromatic heterocycles. The second-order valence-electron chi connectivity index (χ2n) is 7.89. The van der Waals surface area contributed by atoms with Gasteiger partial charge in [-0.25, -0.2) is 9.50 Å². The molecule has 0 fully saturated rings. The second-order valence-corrected chi connectivity index (χ2v) is 7.89. The number of furan rings is 1. The fourth-order valence-corrected chi connectivity index (χ4v) is 3.79. The van der Waals surface area contributed by atoms with Crippen molar-refractivity contribution in [2.75, 3.05) is 5.32 Å². The van der Waals surface area contributed by atoms with Gasteiger partial charge in [0.1, 0.15) is 11.3 Å². The van der Waals surface area contributed by atoms with Crippen molar-refractivity contribution in [2.45, 2.75) is 26.9 Å². The number of hydrogen-bond acceptors (Lipinski definition) is 7. The first-order chi connectivity index (χ1) is 16.9. The number of fused-ring (bicyclic) bond motifs is 1. The van der Waals surface area contributed by atoms with E-state index in [1.54, 1.807) is 36.1 Å². The zero-order valence-corrected chi connectivity index (χ0v) is 19.4. The lowest BCUT2D eigenvalue weighted by atomic mass is 10.2. The Morgan fingerprint density at radius 1 is 1.14 bits per heavy atom. The Labute approximate surface area is 199 Å². The maximum absolute atomic E-state index is 13.2. The van der Waals surface area contributed by atoms with Gasteiger partial charge in [-0.1, -0.05) is 0 Å². The highest BCUT2D eigenvalue weighted by molar-refractivity contribution is 6.11. The SMILES string of the molecule is CCn1cc(-c2ccnc3c(C(=O)Nc4cn(C)nc4C(=O)NCc4ccco4)cnn23)c(C)n1. The van der Waals surface area contributed by atoms with Crippen molar-refractivity contribution in [3.05, 3.63) is 72.0 Å². The van der Waals surface area contributed by atoms with Gasteiger partial charge in [-0.2, -0.15) is 15.3 Å². The number of rotatable bonds is 7. The number of nitrogens with one attached hydrogen (secondary N) is 2. The van der Waals surface area contributed by atoms with E-state index in [4.69, 9.17) is 4.42 Å². The highest BCUT2D eigenvalue weighted by Crippen LogP contribution is 2.24. The highest BCUT2D eigenvalue weighted by Gasteiger charge is 2.22. The number of nitrogens with zero attached hydrogens (tertiary/aromatic N) is 7. The van der Waals surface area contributed by atoms with Gasteiger partial charge in [0, 0.05) is 37.7 Å². The van der Waals surface area contributed by atoms with Crippen LogP contribution in [0.1, 0.15) is 39.2 Å². The summed E-state index contributed by atoms with van der Waals surface area (Å²) in [5, 5.41) is 18.6. The molecule has 35 heavy (non-hydrogen) atoms. The Morgan fingerprint density at radius 2 is 2.00 bits per heavy atom. The average molecular weight is 473 g/mol. The van der Waals surface area contributed by atoms with Crippen molar-refractivity contribution in [2.24, 2.45) is 7.05 Å². The van der Waals surface area contributed by atoms with Crippen LogP contribution in [0.5, 0.6) is 0 Å². The zero-order valence-electron chi connectivity index (χ0n) is 19.4. The zero-order chi connectivity index (χ0) is 24.5. The number of aryl methyl sites for hydroxylation is 3. The van der Waals surface area contributed by atoms with Crippen LogP contribution in [0.25, 0.3) is 16.9 Å². The number of carbonyl (C=O) groups excluding carboxylic acids is 2. The van der Waals surface area contributed by atoms with Crippen molar-refractivity contribution < 1.29 is 14.0 Å². The summed E-state index contributed by atoms with van der Waals surface area (Å²) >= 11 is 0. The summed E-state index contributed by atoms with van der Waals surface area (Å²) in [7, 11) is 1.67. The fourth-order valence-electron chi connectivity index (χ4n) is 3.79. The van der Waals surface area contributed by atoms with E-state index in [1.165, 1.54) is 17.1 Å². The molecule has 2 N–H and O–H groups in total. The first-order valence-electron chi connectivity index (χ1n) is 11.0.